The number of para-hydroxylation sites is 1. The number of benzene rings is 1. The number of imidazole rings is 2. The zero-order chi connectivity index (χ0) is 29.9. The molecule has 0 amide bonds. The number of ether oxygens (including phenoxy) is 1. The molecule has 0 aliphatic carbocycles. The van der Waals surface area contributed by atoms with Gasteiger partial charge in [-0.3, -0.25) is 4.57 Å². The third-order valence-corrected chi connectivity index (χ3v) is 6.20. The van der Waals surface area contributed by atoms with Gasteiger partial charge in [0.25, 0.3) is 0 Å². The second kappa shape index (κ2) is 11.7. The molecule has 17 heteroatoms. The number of carboxylic acids is 1. The van der Waals surface area contributed by atoms with Crippen LogP contribution in [0.1, 0.15) is 16.2 Å². The highest BCUT2D eigenvalue weighted by Gasteiger charge is 2.38. The Morgan fingerprint density at radius 3 is 2.57 bits per heavy atom. The van der Waals surface area contributed by atoms with Crippen molar-refractivity contribution in [1.29, 1.82) is 0 Å². The summed E-state index contributed by atoms with van der Waals surface area (Å²) >= 11 is 0. The molecule has 1 aliphatic rings. The fourth-order valence-corrected chi connectivity index (χ4v) is 4.21. The summed E-state index contributed by atoms with van der Waals surface area (Å²) in [4.78, 5) is 45.3. The average Bonchev–Trinajstić information content (AvgIpc) is 3.75. The van der Waals surface area contributed by atoms with E-state index in [1.54, 1.807) is 31.0 Å². The van der Waals surface area contributed by atoms with Gasteiger partial charge in [-0.1, -0.05) is 6.07 Å². The lowest BCUT2D eigenvalue weighted by molar-refractivity contribution is -0.192. The molecule has 0 atom stereocenters. The number of furan rings is 1. The van der Waals surface area contributed by atoms with E-state index in [2.05, 4.69) is 30.5 Å². The molecule has 14 nitrogen and oxygen atoms in total. The predicted octanol–water partition coefficient (Wildman–Crippen LogP) is 2.73. The number of fused-ring (bicyclic) bond motifs is 2. The lowest BCUT2D eigenvalue weighted by Crippen LogP contribution is -2.44. The fraction of sp³-hybridized carbons (Fsp3) is 0.280. The number of aromatic nitrogens is 6. The maximum absolute atomic E-state index is 12.1. The number of nitrogens with one attached hydrogen (secondary N) is 3. The van der Waals surface area contributed by atoms with Crippen molar-refractivity contribution in [1.82, 2.24) is 34.8 Å². The molecular weight excluding hydrogens is 563 g/mol. The summed E-state index contributed by atoms with van der Waals surface area (Å²) in [6.07, 6.45) is -0.113. The van der Waals surface area contributed by atoms with Crippen molar-refractivity contribution in [2.75, 3.05) is 43.5 Å². The summed E-state index contributed by atoms with van der Waals surface area (Å²) in [6.45, 7) is 3.70. The topological polar surface area (TPSA) is 176 Å². The number of methoxy groups -OCH3 is 1. The predicted molar refractivity (Wildman–Crippen MR) is 142 cm³/mol. The van der Waals surface area contributed by atoms with Crippen LogP contribution in [0.25, 0.3) is 27.9 Å². The molecule has 1 aliphatic heterocycles. The number of piperazine rings is 1. The zero-order valence-electron chi connectivity index (χ0n) is 22.0. The standard InChI is InChI=1S/C23H23N9O3.C2HF3O2/c1-34-22(33)15-3-2-4-16-18(15)28-17(27-16)11-25-20-19-21(32(13-26-19)14-5-10-35-12-14)30-23(29-20)31-8-6-24-7-9-31;3-2(4,5)1(6)7/h2-5,10,12-13,24H,6-9,11H2,1H3,(H,27,28)(H,25,29,30);(H,6,7). The number of H-pyrrole nitrogens is 1. The number of carbonyl (C=O) groups is 2. The van der Waals surface area contributed by atoms with E-state index in [0.717, 1.165) is 37.4 Å². The van der Waals surface area contributed by atoms with Crippen molar-refractivity contribution in [2.45, 2.75) is 12.7 Å². The summed E-state index contributed by atoms with van der Waals surface area (Å²) < 4.78 is 43.8. The first-order valence-corrected chi connectivity index (χ1v) is 12.5. The largest absolute Gasteiger partial charge is 0.490 e. The van der Waals surface area contributed by atoms with Gasteiger partial charge in [-0.05, 0) is 12.1 Å². The lowest BCUT2D eigenvalue weighted by Gasteiger charge is -2.27. The molecule has 4 N–H and O–H groups in total. The van der Waals surface area contributed by atoms with Crippen LogP contribution in [-0.2, 0) is 16.1 Å². The minimum Gasteiger partial charge on any atom is -0.475 e. The van der Waals surface area contributed by atoms with Crippen molar-refractivity contribution in [2.24, 2.45) is 0 Å². The van der Waals surface area contributed by atoms with Crippen molar-refractivity contribution in [3.05, 3.63) is 54.5 Å². The van der Waals surface area contributed by atoms with Crippen LogP contribution in [0.5, 0.6) is 0 Å². The van der Waals surface area contributed by atoms with Crippen molar-refractivity contribution >= 4 is 45.9 Å². The number of hydrogen-bond donors (Lipinski definition) is 4. The van der Waals surface area contributed by atoms with E-state index in [1.807, 2.05) is 16.7 Å². The molecule has 1 aromatic carbocycles. The zero-order valence-corrected chi connectivity index (χ0v) is 22.0. The Balaban J connectivity index is 0.000000451. The highest BCUT2D eigenvalue weighted by Crippen LogP contribution is 2.26. The van der Waals surface area contributed by atoms with Crippen LogP contribution in [0, 0.1) is 0 Å². The van der Waals surface area contributed by atoms with Gasteiger partial charge in [-0.25, -0.2) is 19.6 Å². The maximum atomic E-state index is 12.1. The van der Waals surface area contributed by atoms with Crippen molar-refractivity contribution in [3.8, 4) is 5.69 Å². The first-order chi connectivity index (χ1) is 20.2. The van der Waals surface area contributed by atoms with E-state index < -0.39 is 18.1 Å². The van der Waals surface area contributed by atoms with Gasteiger partial charge in [0.2, 0.25) is 5.95 Å². The van der Waals surface area contributed by atoms with Crippen LogP contribution in [0.4, 0.5) is 24.9 Å². The van der Waals surface area contributed by atoms with Crippen LogP contribution in [0.15, 0.2) is 47.5 Å². The normalized spacial score (nSPS) is 13.6. The number of carboxylic acid groups (broad SMARTS) is 1. The average molecular weight is 588 g/mol. The minimum absolute atomic E-state index is 0.348. The molecule has 1 saturated heterocycles. The van der Waals surface area contributed by atoms with E-state index in [-0.39, 0.29) is 0 Å². The number of aliphatic carboxylic acids is 1. The van der Waals surface area contributed by atoms with Crippen molar-refractivity contribution in [3.63, 3.8) is 0 Å². The van der Waals surface area contributed by atoms with Gasteiger partial charge in [0.05, 0.1) is 36.7 Å². The van der Waals surface area contributed by atoms with Gasteiger partial charge in [-0.15, -0.1) is 0 Å². The Hall–Kier alpha value is -5.19. The summed E-state index contributed by atoms with van der Waals surface area (Å²) in [5, 5.41) is 13.8. The van der Waals surface area contributed by atoms with Gasteiger partial charge in [0.1, 0.15) is 23.9 Å². The summed E-state index contributed by atoms with van der Waals surface area (Å²) in [6, 6.07) is 7.22. The number of aromatic amines is 1. The third-order valence-electron chi connectivity index (χ3n) is 6.20. The number of rotatable bonds is 6. The molecular formula is C25H24F3N9O5. The molecule has 4 aromatic heterocycles. The number of alkyl halides is 3. The number of nitrogens with zero attached hydrogens (tertiary/aromatic N) is 6. The van der Waals surface area contributed by atoms with E-state index in [0.29, 0.717) is 46.4 Å². The van der Waals surface area contributed by atoms with Crippen LogP contribution in [-0.4, -0.2) is 86.0 Å². The van der Waals surface area contributed by atoms with E-state index in [9.17, 15) is 18.0 Å². The van der Waals surface area contributed by atoms with Crippen LogP contribution >= 0.6 is 0 Å². The Morgan fingerprint density at radius 2 is 1.90 bits per heavy atom. The van der Waals surface area contributed by atoms with Gasteiger partial charge < -0.3 is 34.8 Å². The third kappa shape index (κ3) is 5.95. The Morgan fingerprint density at radius 1 is 1.14 bits per heavy atom. The molecule has 220 valence electrons. The highest BCUT2D eigenvalue weighted by molar-refractivity contribution is 6.01. The molecule has 0 bridgehead atoms. The maximum Gasteiger partial charge on any atom is 0.490 e. The van der Waals surface area contributed by atoms with Gasteiger partial charge >= 0.3 is 18.1 Å². The number of halogens is 3. The Bertz CT molecular complexity index is 1710. The molecule has 5 aromatic rings. The van der Waals surface area contributed by atoms with E-state index in [1.165, 1.54) is 7.11 Å². The monoisotopic (exact) mass is 587 g/mol. The molecule has 0 radical (unpaired) electrons. The fourth-order valence-electron chi connectivity index (χ4n) is 4.21. The summed E-state index contributed by atoms with van der Waals surface area (Å²) in [7, 11) is 1.36. The molecule has 1 fully saturated rings. The first kappa shape index (κ1) is 28.3. The number of anilines is 2. The second-order valence-electron chi connectivity index (χ2n) is 8.91. The first-order valence-electron chi connectivity index (χ1n) is 12.5. The molecule has 0 saturated carbocycles. The molecule has 0 spiro atoms. The number of esters is 1. The second-order valence-corrected chi connectivity index (χ2v) is 8.91. The lowest BCUT2D eigenvalue weighted by atomic mass is 10.2. The van der Waals surface area contributed by atoms with Gasteiger partial charge in [0.15, 0.2) is 17.0 Å². The number of carbonyl (C=O) groups excluding carboxylic acids is 1. The van der Waals surface area contributed by atoms with Crippen molar-refractivity contribution < 1.29 is 37.0 Å². The summed E-state index contributed by atoms with van der Waals surface area (Å²) in [5.74, 6) is -1.30. The Labute approximate surface area is 234 Å². The highest BCUT2D eigenvalue weighted by atomic mass is 19.4. The SMILES string of the molecule is COC(=O)c1cccc2[nH]c(CNc3nc(N4CCNCC4)nc4c3ncn4-c3ccoc3)nc12.O=C(O)C(F)(F)F. The number of hydrogen-bond acceptors (Lipinski definition) is 11. The molecule has 42 heavy (non-hydrogen) atoms. The van der Waals surface area contributed by atoms with Crippen LogP contribution in [0.2, 0.25) is 0 Å². The molecule has 5 heterocycles. The molecule has 6 rings (SSSR count). The Kier molecular flexibility index (Phi) is 7.92. The van der Waals surface area contributed by atoms with E-state index in [4.69, 9.17) is 29.0 Å². The van der Waals surface area contributed by atoms with E-state index >= 15 is 0 Å². The smallest absolute Gasteiger partial charge is 0.475 e. The van der Waals surface area contributed by atoms with Gasteiger partial charge in [0, 0.05) is 32.2 Å². The molecule has 0 unspecified atom stereocenters. The quantitative estimate of drug-likeness (QED) is 0.214. The van der Waals surface area contributed by atoms with Crippen LogP contribution in [0.3, 0.4) is 0 Å². The minimum atomic E-state index is -5.08. The summed E-state index contributed by atoms with van der Waals surface area (Å²) in [5.41, 5.74) is 3.87. The van der Waals surface area contributed by atoms with Gasteiger partial charge in [-0.2, -0.15) is 23.1 Å². The van der Waals surface area contributed by atoms with Crippen LogP contribution < -0.4 is 15.5 Å².